The lowest BCUT2D eigenvalue weighted by molar-refractivity contribution is 0.0918. The second-order valence-electron chi connectivity index (χ2n) is 5.04. The molecule has 0 aliphatic carbocycles. The molecular formula is C19H17NO4. The van der Waals surface area contributed by atoms with E-state index in [9.17, 15) is 4.79 Å². The molecule has 0 aliphatic rings. The predicted octanol–water partition coefficient (Wildman–Crippen LogP) is 4.01. The summed E-state index contributed by atoms with van der Waals surface area (Å²) in [6.45, 7) is 0.434. The van der Waals surface area contributed by atoms with E-state index in [-0.39, 0.29) is 17.6 Å². The molecule has 0 saturated carbocycles. The van der Waals surface area contributed by atoms with Crippen LogP contribution in [0, 0.1) is 0 Å². The van der Waals surface area contributed by atoms with Crippen LogP contribution in [-0.2, 0) is 6.54 Å². The molecule has 1 heterocycles. The fourth-order valence-corrected chi connectivity index (χ4v) is 2.17. The van der Waals surface area contributed by atoms with Gasteiger partial charge in [-0.25, -0.2) is 0 Å². The molecule has 2 aromatic carbocycles. The lowest BCUT2D eigenvalue weighted by Crippen LogP contribution is -2.22. The number of benzene rings is 2. The van der Waals surface area contributed by atoms with E-state index in [4.69, 9.17) is 13.9 Å². The third kappa shape index (κ3) is 3.76. The van der Waals surface area contributed by atoms with Crippen molar-refractivity contribution in [1.29, 1.82) is 0 Å². The Morgan fingerprint density at radius 2 is 1.67 bits per heavy atom. The molecule has 0 fully saturated rings. The molecule has 0 radical (unpaired) electrons. The first kappa shape index (κ1) is 15.7. The molecule has 0 bridgehead atoms. The first-order chi connectivity index (χ1) is 11.8. The monoisotopic (exact) mass is 323 g/mol. The maximum Gasteiger partial charge on any atom is 0.290 e. The standard InChI is InChI=1S/C19H17NO4/c1-22-15-9-5-6-10-16(15)23-18-12-11-17(24-18)19(21)20-13-14-7-3-2-4-8-14/h2-12H,13H2,1H3,(H,20,21). The van der Waals surface area contributed by atoms with Gasteiger partial charge in [-0.15, -0.1) is 0 Å². The summed E-state index contributed by atoms with van der Waals surface area (Å²) in [4.78, 5) is 12.1. The zero-order valence-corrected chi connectivity index (χ0v) is 13.2. The van der Waals surface area contributed by atoms with Crippen molar-refractivity contribution < 1.29 is 18.7 Å². The molecule has 0 atom stereocenters. The van der Waals surface area contributed by atoms with Crippen LogP contribution in [0.5, 0.6) is 17.4 Å². The smallest absolute Gasteiger partial charge is 0.290 e. The maximum atomic E-state index is 12.1. The minimum Gasteiger partial charge on any atom is -0.493 e. The van der Waals surface area contributed by atoms with Gasteiger partial charge in [0.05, 0.1) is 7.11 Å². The Morgan fingerprint density at radius 1 is 0.958 bits per heavy atom. The minimum absolute atomic E-state index is 0.191. The van der Waals surface area contributed by atoms with E-state index in [1.54, 1.807) is 31.4 Å². The van der Waals surface area contributed by atoms with Crippen LogP contribution in [0.1, 0.15) is 16.1 Å². The van der Waals surface area contributed by atoms with Crippen LogP contribution in [0.4, 0.5) is 0 Å². The van der Waals surface area contributed by atoms with Crippen molar-refractivity contribution in [3.63, 3.8) is 0 Å². The van der Waals surface area contributed by atoms with E-state index < -0.39 is 0 Å². The topological polar surface area (TPSA) is 60.7 Å². The highest BCUT2D eigenvalue weighted by atomic mass is 16.6. The first-order valence-corrected chi connectivity index (χ1v) is 7.49. The number of amides is 1. The van der Waals surface area contributed by atoms with E-state index in [1.807, 2.05) is 42.5 Å². The molecular weight excluding hydrogens is 306 g/mol. The third-order valence-corrected chi connectivity index (χ3v) is 3.38. The van der Waals surface area contributed by atoms with Crippen LogP contribution in [0.15, 0.2) is 71.1 Å². The number of carbonyl (C=O) groups is 1. The molecule has 1 amide bonds. The summed E-state index contributed by atoms with van der Waals surface area (Å²) in [5.74, 6) is 1.23. The lowest BCUT2D eigenvalue weighted by atomic mass is 10.2. The number of hydrogen-bond donors (Lipinski definition) is 1. The second-order valence-corrected chi connectivity index (χ2v) is 5.04. The van der Waals surface area contributed by atoms with Crippen molar-refractivity contribution in [3.8, 4) is 17.4 Å². The summed E-state index contributed by atoms with van der Waals surface area (Å²) in [5, 5.41) is 2.80. The van der Waals surface area contributed by atoms with E-state index in [2.05, 4.69) is 5.32 Å². The number of para-hydroxylation sites is 2. The Kier molecular flexibility index (Phi) is 4.81. The Bertz CT molecular complexity index is 811. The Balaban J connectivity index is 1.63. The number of nitrogens with one attached hydrogen (secondary N) is 1. The van der Waals surface area contributed by atoms with Crippen LogP contribution in [0.2, 0.25) is 0 Å². The number of rotatable bonds is 6. The molecule has 5 heteroatoms. The number of carbonyl (C=O) groups excluding carboxylic acids is 1. The van der Waals surface area contributed by atoms with Gasteiger partial charge in [-0.2, -0.15) is 0 Å². The fraction of sp³-hybridized carbons (Fsp3) is 0.105. The van der Waals surface area contributed by atoms with Crippen molar-refractivity contribution in [3.05, 3.63) is 78.1 Å². The zero-order valence-electron chi connectivity index (χ0n) is 13.2. The Labute approximate surface area is 139 Å². The Hall–Kier alpha value is -3.21. The lowest BCUT2D eigenvalue weighted by Gasteiger charge is -2.07. The van der Waals surface area contributed by atoms with Gasteiger partial charge in [0.2, 0.25) is 0 Å². The second kappa shape index (κ2) is 7.37. The van der Waals surface area contributed by atoms with Gasteiger partial charge in [-0.3, -0.25) is 4.79 Å². The van der Waals surface area contributed by atoms with Crippen LogP contribution < -0.4 is 14.8 Å². The molecule has 122 valence electrons. The third-order valence-electron chi connectivity index (χ3n) is 3.38. The first-order valence-electron chi connectivity index (χ1n) is 7.49. The minimum atomic E-state index is -0.297. The largest absolute Gasteiger partial charge is 0.493 e. The summed E-state index contributed by atoms with van der Waals surface area (Å²) in [5.41, 5.74) is 1.02. The van der Waals surface area contributed by atoms with E-state index in [1.165, 1.54) is 0 Å². The molecule has 1 N–H and O–H groups in total. The summed E-state index contributed by atoms with van der Waals surface area (Å²) in [6, 6.07) is 20.1. The fourth-order valence-electron chi connectivity index (χ4n) is 2.17. The molecule has 3 aromatic rings. The number of furan rings is 1. The van der Waals surface area contributed by atoms with Crippen molar-refractivity contribution in [2.24, 2.45) is 0 Å². The van der Waals surface area contributed by atoms with Crippen molar-refractivity contribution in [2.75, 3.05) is 7.11 Å². The Morgan fingerprint density at radius 3 is 2.42 bits per heavy atom. The number of hydrogen-bond acceptors (Lipinski definition) is 4. The van der Waals surface area contributed by atoms with Crippen molar-refractivity contribution in [2.45, 2.75) is 6.54 Å². The average Bonchev–Trinajstić information content (AvgIpc) is 3.10. The highest BCUT2D eigenvalue weighted by molar-refractivity contribution is 5.91. The molecule has 0 saturated heterocycles. The molecule has 0 unspecified atom stereocenters. The van der Waals surface area contributed by atoms with Gasteiger partial charge in [0, 0.05) is 12.6 Å². The van der Waals surface area contributed by atoms with E-state index in [0.29, 0.717) is 18.0 Å². The van der Waals surface area contributed by atoms with Gasteiger partial charge in [0.25, 0.3) is 11.9 Å². The van der Waals surface area contributed by atoms with Crippen LogP contribution in [-0.4, -0.2) is 13.0 Å². The van der Waals surface area contributed by atoms with Crippen LogP contribution in [0.3, 0.4) is 0 Å². The van der Waals surface area contributed by atoms with Crippen LogP contribution >= 0.6 is 0 Å². The number of ether oxygens (including phenoxy) is 2. The van der Waals surface area contributed by atoms with Crippen molar-refractivity contribution in [1.82, 2.24) is 5.32 Å². The summed E-state index contributed by atoms with van der Waals surface area (Å²) in [7, 11) is 1.56. The molecule has 0 aliphatic heterocycles. The van der Waals surface area contributed by atoms with Gasteiger partial charge < -0.3 is 19.2 Å². The summed E-state index contributed by atoms with van der Waals surface area (Å²) >= 11 is 0. The molecule has 0 spiro atoms. The summed E-state index contributed by atoms with van der Waals surface area (Å²) < 4.78 is 16.3. The maximum absolute atomic E-state index is 12.1. The molecule has 1 aromatic heterocycles. The molecule has 24 heavy (non-hydrogen) atoms. The van der Waals surface area contributed by atoms with Crippen molar-refractivity contribution >= 4 is 5.91 Å². The van der Waals surface area contributed by atoms with Gasteiger partial charge in [-0.05, 0) is 23.8 Å². The van der Waals surface area contributed by atoms with Gasteiger partial charge in [0.1, 0.15) is 0 Å². The van der Waals surface area contributed by atoms with E-state index in [0.717, 1.165) is 5.56 Å². The van der Waals surface area contributed by atoms with Crippen LogP contribution in [0.25, 0.3) is 0 Å². The predicted molar refractivity (Wildman–Crippen MR) is 89.4 cm³/mol. The van der Waals surface area contributed by atoms with Gasteiger partial charge in [0.15, 0.2) is 17.3 Å². The molecule has 5 nitrogen and oxygen atoms in total. The summed E-state index contributed by atoms with van der Waals surface area (Å²) in [6.07, 6.45) is 0. The quantitative estimate of drug-likeness (QED) is 0.744. The number of methoxy groups -OCH3 is 1. The SMILES string of the molecule is COc1ccccc1Oc1ccc(C(=O)NCc2ccccc2)o1. The van der Waals surface area contributed by atoms with Gasteiger partial charge in [-0.1, -0.05) is 42.5 Å². The van der Waals surface area contributed by atoms with Gasteiger partial charge >= 0.3 is 0 Å². The highest BCUT2D eigenvalue weighted by Crippen LogP contribution is 2.31. The van der Waals surface area contributed by atoms with E-state index >= 15 is 0 Å². The zero-order chi connectivity index (χ0) is 16.8. The normalized spacial score (nSPS) is 10.2. The average molecular weight is 323 g/mol. The highest BCUT2D eigenvalue weighted by Gasteiger charge is 2.13. The molecule has 3 rings (SSSR count).